The molecule has 35 heavy (non-hydrogen) atoms. The number of methoxy groups -OCH3 is 1. The predicted octanol–water partition coefficient (Wildman–Crippen LogP) is 6.04. The highest BCUT2D eigenvalue weighted by atomic mass is 35.5. The number of ether oxygens (including phenoxy) is 1. The van der Waals surface area contributed by atoms with Crippen LogP contribution in [0.1, 0.15) is 0 Å². The number of amides is 1. The summed E-state index contributed by atoms with van der Waals surface area (Å²) in [6, 6.07) is 18.5. The van der Waals surface area contributed by atoms with Gasteiger partial charge in [0.05, 0.1) is 35.5 Å². The lowest BCUT2D eigenvalue weighted by molar-refractivity contribution is -0.113. The summed E-state index contributed by atoms with van der Waals surface area (Å²) in [7, 11) is 1.62. The van der Waals surface area contributed by atoms with Crippen LogP contribution in [-0.2, 0) is 4.79 Å². The van der Waals surface area contributed by atoms with E-state index in [0.29, 0.717) is 32.6 Å². The molecule has 8 nitrogen and oxygen atoms in total. The molecule has 176 valence electrons. The van der Waals surface area contributed by atoms with Gasteiger partial charge in [-0.15, -0.1) is 21.5 Å². The van der Waals surface area contributed by atoms with Gasteiger partial charge < -0.3 is 14.5 Å². The summed E-state index contributed by atoms with van der Waals surface area (Å²) in [5.74, 6) is 1.67. The number of carbonyl (C=O) groups is 1. The van der Waals surface area contributed by atoms with Gasteiger partial charge in [-0.2, -0.15) is 0 Å². The highest BCUT2D eigenvalue weighted by molar-refractivity contribution is 7.99. The average Bonchev–Trinajstić information content (AvgIpc) is 3.64. The molecule has 0 saturated carbocycles. The van der Waals surface area contributed by atoms with Gasteiger partial charge in [-0.05, 0) is 36.4 Å². The van der Waals surface area contributed by atoms with Crippen molar-refractivity contribution in [2.75, 3.05) is 18.2 Å². The van der Waals surface area contributed by atoms with Crippen LogP contribution in [0.3, 0.4) is 0 Å². The number of thioether (sulfide) groups is 1. The van der Waals surface area contributed by atoms with Gasteiger partial charge in [0.15, 0.2) is 16.0 Å². The number of furan rings is 1. The monoisotopic (exact) mass is 523 g/mol. The first kappa shape index (κ1) is 23.2. The van der Waals surface area contributed by atoms with Crippen molar-refractivity contribution in [3.8, 4) is 34.3 Å². The maximum atomic E-state index is 12.7. The van der Waals surface area contributed by atoms with E-state index in [0.717, 1.165) is 17.0 Å². The Bertz CT molecular complexity index is 1470. The fraction of sp³-hybridized carbons (Fsp3) is 0.0833. The van der Waals surface area contributed by atoms with Crippen molar-refractivity contribution < 1.29 is 13.9 Å². The predicted molar refractivity (Wildman–Crippen MR) is 138 cm³/mol. The SMILES string of the molecule is COc1cccc(-c2csc(NC(=O)CSc3nnc(-c4ccco4)n3-c3ccccc3Cl)n2)c1. The summed E-state index contributed by atoms with van der Waals surface area (Å²) >= 11 is 9.05. The van der Waals surface area contributed by atoms with E-state index in [2.05, 4.69) is 20.5 Å². The van der Waals surface area contributed by atoms with E-state index in [9.17, 15) is 4.79 Å². The highest BCUT2D eigenvalue weighted by Gasteiger charge is 2.20. The summed E-state index contributed by atoms with van der Waals surface area (Å²) < 4.78 is 12.6. The Kier molecular flexibility index (Phi) is 6.84. The van der Waals surface area contributed by atoms with Gasteiger partial charge in [0.25, 0.3) is 0 Å². The minimum Gasteiger partial charge on any atom is -0.497 e. The molecule has 0 aliphatic carbocycles. The molecule has 1 amide bonds. The van der Waals surface area contributed by atoms with Gasteiger partial charge in [-0.3, -0.25) is 9.36 Å². The van der Waals surface area contributed by atoms with Gasteiger partial charge in [-0.1, -0.05) is 47.6 Å². The van der Waals surface area contributed by atoms with Crippen molar-refractivity contribution in [2.24, 2.45) is 0 Å². The maximum absolute atomic E-state index is 12.7. The second kappa shape index (κ2) is 10.3. The molecular formula is C24H18ClN5O3S2. The topological polar surface area (TPSA) is 95.1 Å². The van der Waals surface area contributed by atoms with Crippen LogP contribution < -0.4 is 10.1 Å². The average molecular weight is 524 g/mol. The quantitative estimate of drug-likeness (QED) is 0.247. The molecule has 5 rings (SSSR count). The van der Waals surface area contributed by atoms with E-state index >= 15 is 0 Å². The lowest BCUT2D eigenvalue weighted by Crippen LogP contribution is -2.14. The molecule has 3 aromatic heterocycles. The molecule has 0 spiro atoms. The number of para-hydroxylation sites is 1. The Morgan fingerprint density at radius 2 is 2.06 bits per heavy atom. The number of anilines is 1. The van der Waals surface area contributed by atoms with Gasteiger partial charge in [-0.25, -0.2) is 4.98 Å². The molecule has 0 saturated heterocycles. The Balaban J connectivity index is 1.32. The molecule has 0 aliphatic heterocycles. The number of benzene rings is 2. The third kappa shape index (κ3) is 5.09. The van der Waals surface area contributed by atoms with Gasteiger partial charge in [0.2, 0.25) is 11.7 Å². The molecular weight excluding hydrogens is 506 g/mol. The van der Waals surface area contributed by atoms with Crippen LogP contribution in [0.25, 0.3) is 28.5 Å². The Hall–Kier alpha value is -3.60. The standard InChI is InChI=1S/C24H18ClN5O3S2/c1-32-16-7-4-6-15(12-16)18-13-34-23(26-18)27-21(31)14-35-24-29-28-22(20-10-5-11-33-20)30(24)19-9-3-2-8-17(19)25/h2-13H,14H2,1H3,(H,26,27,31). The molecule has 0 bridgehead atoms. The third-order valence-corrected chi connectivity index (χ3v) is 6.92. The number of thiazole rings is 1. The first-order valence-electron chi connectivity index (χ1n) is 10.4. The Morgan fingerprint density at radius 1 is 1.17 bits per heavy atom. The van der Waals surface area contributed by atoms with E-state index < -0.39 is 0 Å². The summed E-state index contributed by atoms with van der Waals surface area (Å²) in [6.45, 7) is 0. The van der Waals surface area contributed by atoms with Crippen molar-refractivity contribution in [3.05, 3.63) is 77.3 Å². The van der Waals surface area contributed by atoms with Crippen molar-refractivity contribution in [3.63, 3.8) is 0 Å². The zero-order valence-electron chi connectivity index (χ0n) is 18.3. The second-order valence-electron chi connectivity index (χ2n) is 7.18. The molecule has 0 atom stereocenters. The minimum atomic E-state index is -0.213. The van der Waals surface area contributed by atoms with Crippen LogP contribution in [-0.4, -0.2) is 38.5 Å². The fourth-order valence-corrected chi connectivity index (χ4v) is 5.01. The molecule has 0 unspecified atom stereocenters. The second-order valence-corrected chi connectivity index (χ2v) is 9.38. The van der Waals surface area contributed by atoms with E-state index in [1.165, 1.54) is 23.1 Å². The van der Waals surface area contributed by atoms with E-state index in [1.54, 1.807) is 36.1 Å². The van der Waals surface area contributed by atoms with E-state index in [1.807, 2.05) is 47.8 Å². The zero-order chi connectivity index (χ0) is 24.2. The Morgan fingerprint density at radius 3 is 2.86 bits per heavy atom. The summed E-state index contributed by atoms with van der Waals surface area (Å²) in [4.78, 5) is 17.2. The van der Waals surface area contributed by atoms with Gasteiger partial charge in [0.1, 0.15) is 5.75 Å². The largest absolute Gasteiger partial charge is 0.497 e. The lowest BCUT2D eigenvalue weighted by Gasteiger charge is -2.10. The van der Waals surface area contributed by atoms with Crippen LogP contribution in [0.15, 0.2) is 81.9 Å². The van der Waals surface area contributed by atoms with E-state index in [-0.39, 0.29) is 11.7 Å². The first-order chi connectivity index (χ1) is 17.1. The third-order valence-electron chi connectivity index (χ3n) is 4.92. The smallest absolute Gasteiger partial charge is 0.236 e. The molecule has 1 N–H and O–H groups in total. The number of aromatic nitrogens is 4. The zero-order valence-corrected chi connectivity index (χ0v) is 20.7. The lowest BCUT2D eigenvalue weighted by atomic mass is 10.2. The molecule has 0 aliphatic rings. The first-order valence-corrected chi connectivity index (χ1v) is 12.6. The molecule has 0 fully saturated rings. The molecule has 11 heteroatoms. The van der Waals surface area contributed by atoms with Crippen LogP contribution in [0, 0.1) is 0 Å². The van der Waals surface area contributed by atoms with Crippen LogP contribution in [0.5, 0.6) is 5.75 Å². The number of halogens is 1. The summed E-state index contributed by atoms with van der Waals surface area (Å²) in [5.41, 5.74) is 2.36. The highest BCUT2D eigenvalue weighted by Crippen LogP contribution is 2.32. The number of nitrogens with zero attached hydrogens (tertiary/aromatic N) is 4. The number of carbonyl (C=O) groups excluding carboxylic acids is 1. The van der Waals surface area contributed by atoms with Crippen LogP contribution in [0.4, 0.5) is 5.13 Å². The summed E-state index contributed by atoms with van der Waals surface area (Å²) in [5, 5.41) is 14.8. The van der Waals surface area contributed by atoms with Gasteiger partial charge >= 0.3 is 0 Å². The molecule has 0 radical (unpaired) electrons. The van der Waals surface area contributed by atoms with Crippen LogP contribution in [0.2, 0.25) is 5.02 Å². The van der Waals surface area contributed by atoms with E-state index in [4.69, 9.17) is 20.8 Å². The van der Waals surface area contributed by atoms with Gasteiger partial charge in [0, 0.05) is 10.9 Å². The minimum absolute atomic E-state index is 0.106. The van der Waals surface area contributed by atoms with Crippen LogP contribution >= 0.6 is 34.7 Å². The fourth-order valence-electron chi connectivity index (χ4n) is 3.31. The number of hydrogen-bond acceptors (Lipinski definition) is 8. The summed E-state index contributed by atoms with van der Waals surface area (Å²) in [6.07, 6.45) is 1.56. The normalized spacial score (nSPS) is 10.9. The van der Waals surface area contributed by atoms with Crippen molar-refractivity contribution in [1.82, 2.24) is 19.7 Å². The van der Waals surface area contributed by atoms with Crippen molar-refractivity contribution in [1.29, 1.82) is 0 Å². The molecule has 3 heterocycles. The number of hydrogen-bond donors (Lipinski definition) is 1. The Labute approximate surface area is 213 Å². The number of nitrogens with one attached hydrogen (secondary N) is 1. The van der Waals surface area contributed by atoms with Crippen molar-refractivity contribution >= 4 is 45.7 Å². The molecule has 5 aromatic rings. The maximum Gasteiger partial charge on any atom is 0.236 e. The number of rotatable bonds is 8. The molecule has 2 aromatic carbocycles. The van der Waals surface area contributed by atoms with Crippen molar-refractivity contribution in [2.45, 2.75) is 5.16 Å².